The maximum absolute atomic E-state index is 12.5. The molecule has 0 spiro atoms. The van der Waals surface area contributed by atoms with Gasteiger partial charge >= 0.3 is 6.18 Å². The van der Waals surface area contributed by atoms with Gasteiger partial charge in [-0.05, 0) is 24.3 Å². The van der Waals surface area contributed by atoms with Gasteiger partial charge in [0.05, 0.1) is 11.3 Å². The van der Waals surface area contributed by atoms with E-state index in [1.54, 1.807) is 0 Å². The number of alkyl halides is 3. The molecule has 2 aromatic rings. The first-order valence-electron chi connectivity index (χ1n) is 6.87. The van der Waals surface area contributed by atoms with Crippen LogP contribution in [0, 0.1) is 0 Å². The van der Waals surface area contributed by atoms with Crippen molar-refractivity contribution in [2.24, 2.45) is 0 Å². The van der Waals surface area contributed by atoms with Crippen LogP contribution in [0.4, 0.5) is 13.2 Å². The van der Waals surface area contributed by atoms with Crippen molar-refractivity contribution in [2.45, 2.75) is 6.18 Å². The fourth-order valence-corrected chi connectivity index (χ4v) is 2.17. The van der Waals surface area contributed by atoms with Gasteiger partial charge in [0.25, 0.3) is 5.91 Å². The molecule has 1 aliphatic rings. The van der Waals surface area contributed by atoms with E-state index < -0.39 is 29.2 Å². The van der Waals surface area contributed by atoms with Crippen molar-refractivity contribution in [2.75, 3.05) is 0 Å². The van der Waals surface area contributed by atoms with E-state index in [4.69, 9.17) is 0 Å². The Kier molecular flexibility index (Phi) is 3.91. The van der Waals surface area contributed by atoms with Crippen molar-refractivity contribution in [3.05, 3.63) is 70.9 Å². The van der Waals surface area contributed by atoms with Gasteiger partial charge in [0.2, 0.25) is 11.6 Å². The highest BCUT2D eigenvalue weighted by Gasteiger charge is 2.31. The molecule has 1 aromatic carbocycles. The van der Waals surface area contributed by atoms with Gasteiger partial charge in [-0.2, -0.15) is 13.2 Å². The van der Waals surface area contributed by atoms with Crippen LogP contribution in [0.15, 0.2) is 48.4 Å². The summed E-state index contributed by atoms with van der Waals surface area (Å²) in [6, 6.07) is 3.44. The standard InChI is InChI=1S/C16H8F3N3O3/c17-16(18,19)9-3-1-8(2-4-9)15(25)22-10-7-11(23)12-13(14(10)24)21-6-5-20-12/h1-7H,(H,22,25). The lowest BCUT2D eigenvalue weighted by atomic mass is 10.0. The van der Waals surface area contributed by atoms with E-state index in [-0.39, 0.29) is 22.6 Å². The molecule has 3 rings (SSSR count). The molecule has 1 amide bonds. The number of rotatable bonds is 2. The molecule has 1 aliphatic carbocycles. The number of hydrogen-bond donors (Lipinski definition) is 1. The molecule has 0 bridgehead atoms. The largest absolute Gasteiger partial charge is 0.416 e. The third-order valence-electron chi connectivity index (χ3n) is 3.39. The number of ketones is 2. The Labute approximate surface area is 138 Å². The molecule has 0 fully saturated rings. The van der Waals surface area contributed by atoms with Crippen LogP contribution < -0.4 is 5.32 Å². The minimum atomic E-state index is -4.52. The summed E-state index contributed by atoms with van der Waals surface area (Å²) in [6.07, 6.45) is -1.14. The summed E-state index contributed by atoms with van der Waals surface area (Å²) < 4.78 is 37.6. The molecule has 0 atom stereocenters. The molecule has 0 radical (unpaired) electrons. The van der Waals surface area contributed by atoms with E-state index in [0.29, 0.717) is 0 Å². The smallest absolute Gasteiger partial charge is 0.318 e. The molecule has 0 unspecified atom stereocenters. The molecule has 1 aromatic heterocycles. The second-order valence-corrected chi connectivity index (χ2v) is 5.03. The number of Topliss-reactive ketones (excluding diaryl/α,β-unsaturated/α-hetero) is 1. The molecule has 0 saturated heterocycles. The van der Waals surface area contributed by atoms with Gasteiger partial charge in [-0.25, -0.2) is 9.97 Å². The van der Waals surface area contributed by atoms with E-state index in [1.807, 2.05) is 0 Å². The van der Waals surface area contributed by atoms with Crippen molar-refractivity contribution in [1.29, 1.82) is 0 Å². The average molecular weight is 347 g/mol. The zero-order valence-electron chi connectivity index (χ0n) is 12.3. The van der Waals surface area contributed by atoms with Gasteiger partial charge in [-0.3, -0.25) is 14.4 Å². The summed E-state index contributed by atoms with van der Waals surface area (Å²) in [6.45, 7) is 0. The Hall–Kier alpha value is -3.36. The Morgan fingerprint density at radius 2 is 1.56 bits per heavy atom. The number of fused-ring (bicyclic) bond motifs is 1. The van der Waals surface area contributed by atoms with Crippen molar-refractivity contribution in [3.63, 3.8) is 0 Å². The van der Waals surface area contributed by atoms with Crippen LogP contribution in [-0.2, 0) is 6.18 Å². The second kappa shape index (κ2) is 5.93. The van der Waals surface area contributed by atoms with E-state index in [9.17, 15) is 27.6 Å². The van der Waals surface area contributed by atoms with Crippen molar-refractivity contribution in [1.82, 2.24) is 15.3 Å². The predicted molar refractivity (Wildman–Crippen MR) is 77.7 cm³/mol. The molecule has 9 heteroatoms. The Morgan fingerprint density at radius 1 is 0.960 bits per heavy atom. The monoisotopic (exact) mass is 347 g/mol. The van der Waals surface area contributed by atoms with Gasteiger partial charge < -0.3 is 5.32 Å². The Bertz CT molecular complexity index is 918. The first-order chi connectivity index (χ1) is 11.8. The van der Waals surface area contributed by atoms with Crippen LogP contribution in [0.1, 0.15) is 36.9 Å². The van der Waals surface area contributed by atoms with Crippen LogP contribution >= 0.6 is 0 Å². The first-order valence-corrected chi connectivity index (χ1v) is 6.87. The van der Waals surface area contributed by atoms with Crippen molar-refractivity contribution < 1.29 is 27.6 Å². The van der Waals surface area contributed by atoms with Crippen molar-refractivity contribution >= 4 is 17.5 Å². The summed E-state index contributed by atoms with van der Waals surface area (Å²) in [5, 5.41) is 2.22. The van der Waals surface area contributed by atoms with Gasteiger partial charge in [0.1, 0.15) is 11.4 Å². The van der Waals surface area contributed by atoms with Gasteiger partial charge in [0, 0.05) is 24.0 Å². The number of carbonyl (C=O) groups is 3. The number of nitrogens with one attached hydrogen (secondary N) is 1. The fraction of sp³-hybridized carbons (Fsp3) is 0.0625. The number of carbonyl (C=O) groups excluding carboxylic acids is 3. The third-order valence-corrected chi connectivity index (χ3v) is 3.39. The second-order valence-electron chi connectivity index (χ2n) is 5.03. The molecule has 6 nitrogen and oxygen atoms in total. The molecule has 126 valence electrons. The topological polar surface area (TPSA) is 89.0 Å². The lowest BCUT2D eigenvalue weighted by Crippen LogP contribution is -2.32. The van der Waals surface area contributed by atoms with Crippen LogP contribution in [0.3, 0.4) is 0 Å². The summed E-state index contributed by atoms with van der Waals surface area (Å²) in [4.78, 5) is 43.8. The van der Waals surface area contributed by atoms with E-state index >= 15 is 0 Å². The molecule has 0 saturated carbocycles. The fourth-order valence-electron chi connectivity index (χ4n) is 2.17. The van der Waals surface area contributed by atoms with E-state index in [2.05, 4.69) is 15.3 Å². The highest BCUT2D eigenvalue weighted by Crippen LogP contribution is 2.29. The van der Waals surface area contributed by atoms with Crippen molar-refractivity contribution in [3.8, 4) is 0 Å². The molecule has 1 N–H and O–H groups in total. The Morgan fingerprint density at radius 3 is 2.16 bits per heavy atom. The third kappa shape index (κ3) is 3.16. The van der Waals surface area contributed by atoms with Crippen LogP contribution in [0.2, 0.25) is 0 Å². The maximum Gasteiger partial charge on any atom is 0.416 e. The summed E-state index contributed by atoms with van der Waals surface area (Å²) >= 11 is 0. The molecule has 0 aliphatic heterocycles. The van der Waals surface area contributed by atoms with Gasteiger partial charge in [-0.15, -0.1) is 0 Å². The summed E-state index contributed by atoms with van der Waals surface area (Å²) in [5.41, 5.74) is -1.64. The number of hydrogen-bond acceptors (Lipinski definition) is 5. The zero-order chi connectivity index (χ0) is 18.2. The highest BCUT2D eigenvalue weighted by atomic mass is 19.4. The minimum Gasteiger partial charge on any atom is -0.318 e. The number of allylic oxidation sites excluding steroid dienone is 2. The first kappa shape index (κ1) is 16.5. The normalized spacial score (nSPS) is 14.0. The number of aromatic nitrogens is 2. The molecular formula is C16H8F3N3O3. The van der Waals surface area contributed by atoms with Gasteiger partial charge in [-0.1, -0.05) is 0 Å². The number of nitrogens with zero attached hydrogens (tertiary/aromatic N) is 2. The lowest BCUT2D eigenvalue weighted by molar-refractivity contribution is -0.137. The van der Waals surface area contributed by atoms with Crippen LogP contribution in [0.5, 0.6) is 0 Å². The predicted octanol–water partition coefficient (Wildman–Crippen LogP) is 2.19. The highest BCUT2D eigenvalue weighted by molar-refractivity contribution is 6.23. The SMILES string of the molecule is O=C(NC1=CC(=O)c2nccnc2C1=O)c1ccc(C(F)(F)F)cc1. The number of amides is 1. The maximum atomic E-state index is 12.5. The molecule has 25 heavy (non-hydrogen) atoms. The quantitative estimate of drug-likeness (QED) is 0.900. The number of benzene rings is 1. The molecule has 1 heterocycles. The zero-order valence-corrected chi connectivity index (χ0v) is 12.3. The van der Waals surface area contributed by atoms with Crippen LogP contribution in [0.25, 0.3) is 0 Å². The van der Waals surface area contributed by atoms with E-state index in [0.717, 1.165) is 30.3 Å². The summed E-state index contributed by atoms with van der Waals surface area (Å²) in [5.74, 6) is -2.14. The molecular weight excluding hydrogens is 339 g/mol. The van der Waals surface area contributed by atoms with E-state index in [1.165, 1.54) is 12.4 Å². The Balaban J connectivity index is 1.82. The average Bonchev–Trinajstić information content (AvgIpc) is 2.59. The van der Waals surface area contributed by atoms with Gasteiger partial charge in [0.15, 0.2) is 0 Å². The minimum absolute atomic E-state index is 0.0981. The summed E-state index contributed by atoms with van der Waals surface area (Å²) in [7, 11) is 0. The lowest BCUT2D eigenvalue weighted by Gasteiger charge is -2.14. The number of halogens is 3. The van der Waals surface area contributed by atoms with Crippen LogP contribution in [-0.4, -0.2) is 27.4 Å².